The molecule has 2 aliphatic heterocycles. The Hall–Kier alpha value is -2.45. The van der Waals surface area contributed by atoms with E-state index in [9.17, 15) is 19.5 Å². The third-order valence-electron chi connectivity index (χ3n) is 3.71. The summed E-state index contributed by atoms with van der Waals surface area (Å²) in [6.07, 6.45) is 0. The second kappa shape index (κ2) is 5.74. The Kier molecular flexibility index (Phi) is 3.78. The topological polar surface area (TPSA) is 99.2 Å². The molecule has 1 aromatic carbocycles. The fourth-order valence-corrected chi connectivity index (χ4v) is 2.62. The molecular weight excluding hydrogens is 290 g/mol. The van der Waals surface area contributed by atoms with E-state index in [4.69, 9.17) is 4.84 Å². The minimum Gasteiger partial charge on any atom is -0.480 e. The highest BCUT2D eigenvalue weighted by molar-refractivity contribution is 6.05. The predicted molar refractivity (Wildman–Crippen MR) is 73.4 cm³/mol. The summed E-state index contributed by atoms with van der Waals surface area (Å²) in [5.74, 6) is -1.69. The minimum atomic E-state index is -1.15. The molecule has 22 heavy (non-hydrogen) atoms. The largest absolute Gasteiger partial charge is 0.480 e. The van der Waals surface area contributed by atoms with Gasteiger partial charge in [0.25, 0.3) is 5.91 Å². The quantitative estimate of drug-likeness (QED) is 0.748. The first-order chi connectivity index (χ1) is 10.6. The van der Waals surface area contributed by atoms with Crippen molar-refractivity contribution in [3.63, 3.8) is 0 Å². The number of nitrogens with one attached hydrogen (secondary N) is 1. The Morgan fingerprint density at radius 3 is 2.68 bits per heavy atom. The van der Waals surface area contributed by atoms with Gasteiger partial charge in [-0.3, -0.25) is 14.5 Å². The van der Waals surface area contributed by atoms with Crippen LogP contribution in [-0.2, 0) is 21.0 Å². The molecule has 0 radical (unpaired) electrons. The highest BCUT2D eigenvalue weighted by Crippen LogP contribution is 2.24. The first-order valence-corrected chi connectivity index (χ1v) is 6.86. The number of carbonyl (C=O) groups excluding carboxylic acids is 2. The minimum absolute atomic E-state index is 0.0596. The molecule has 116 valence electrons. The fourth-order valence-electron chi connectivity index (χ4n) is 2.62. The molecule has 0 saturated carbocycles. The van der Waals surface area contributed by atoms with Crippen molar-refractivity contribution in [3.05, 3.63) is 35.9 Å². The van der Waals surface area contributed by atoms with Crippen LogP contribution in [-0.4, -0.2) is 58.2 Å². The first kappa shape index (κ1) is 14.5. The van der Waals surface area contributed by atoms with Crippen LogP contribution in [0.5, 0.6) is 0 Å². The molecule has 2 unspecified atom stereocenters. The average Bonchev–Trinajstić information content (AvgIpc) is 2.78. The van der Waals surface area contributed by atoms with E-state index in [-0.39, 0.29) is 19.7 Å². The molecule has 0 bridgehead atoms. The second-order valence-electron chi connectivity index (χ2n) is 5.11. The predicted octanol–water partition coefficient (Wildman–Crippen LogP) is -0.193. The number of hydrogen-bond donors (Lipinski definition) is 2. The number of carbonyl (C=O) groups is 3. The maximum atomic E-state index is 12.3. The summed E-state index contributed by atoms with van der Waals surface area (Å²) in [7, 11) is 0. The summed E-state index contributed by atoms with van der Waals surface area (Å²) in [5.41, 5.74) is 0.806. The number of benzene rings is 1. The van der Waals surface area contributed by atoms with Gasteiger partial charge >= 0.3 is 12.0 Å². The van der Waals surface area contributed by atoms with Gasteiger partial charge in [-0.15, -0.1) is 5.06 Å². The van der Waals surface area contributed by atoms with Gasteiger partial charge in [0.2, 0.25) is 0 Å². The van der Waals surface area contributed by atoms with Gasteiger partial charge in [-0.05, 0) is 5.56 Å². The van der Waals surface area contributed by atoms with Crippen molar-refractivity contribution >= 4 is 17.9 Å². The van der Waals surface area contributed by atoms with Crippen molar-refractivity contribution in [1.29, 1.82) is 0 Å². The van der Waals surface area contributed by atoms with Crippen LogP contribution in [0.15, 0.2) is 30.3 Å². The number of fused-ring (bicyclic) bond motifs is 1. The molecule has 2 fully saturated rings. The SMILES string of the molecule is O=C(O)C1CNCC2C(=O)N(OCc3ccccc3)C(=O)N12. The lowest BCUT2D eigenvalue weighted by Gasteiger charge is -2.32. The van der Waals surface area contributed by atoms with E-state index in [2.05, 4.69) is 5.32 Å². The standard InChI is InChI=1S/C14H15N3O5/c18-12-10-6-15-7-11(13(19)20)16(10)14(21)17(12)22-8-9-4-2-1-3-5-9/h1-5,10-11,15H,6-8H2,(H,19,20). The van der Waals surface area contributed by atoms with E-state index in [1.54, 1.807) is 12.1 Å². The summed E-state index contributed by atoms with van der Waals surface area (Å²) in [6, 6.07) is 6.47. The Bertz CT molecular complexity index is 606. The molecule has 0 spiro atoms. The number of aliphatic carboxylic acids is 1. The zero-order valence-electron chi connectivity index (χ0n) is 11.6. The number of urea groups is 1. The van der Waals surface area contributed by atoms with E-state index >= 15 is 0 Å². The maximum absolute atomic E-state index is 12.3. The molecule has 8 nitrogen and oxygen atoms in total. The molecule has 1 aromatic rings. The number of hydrogen-bond acceptors (Lipinski definition) is 5. The summed E-state index contributed by atoms with van der Waals surface area (Å²) in [5, 5.41) is 12.7. The van der Waals surface area contributed by atoms with Crippen LogP contribution in [0.4, 0.5) is 4.79 Å². The summed E-state index contributed by atoms with van der Waals surface area (Å²) in [4.78, 5) is 42.2. The van der Waals surface area contributed by atoms with Crippen LogP contribution < -0.4 is 5.32 Å². The summed E-state index contributed by atoms with van der Waals surface area (Å²) >= 11 is 0. The Morgan fingerprint density at radius 2 is 2.00 bits per heavy atom. The van der Waals surface area contributed by atoms with Gasteiger partial charge in [0.1, 0.15) is 18.7 Å². The average molecular weight is 305 g/mol. The smallest absolute Gasteiger partial charge is 0.353 e. The van der Waals surface area contributed by atoms with Gasteiger partial charge in [-0.2, -0.15) is 0 Å². The van der Waals surface area contributed by atoms with Crippen LogP contribution in [0.1, 0.15) is 5.56 Å². The van der Waals surface area contributed by atoms with Gasteiger partial charge in [0, 0.05) is 13.1 Å². The maximum Gasteiger partial charge on any atom is 0.353 e. The third-order valence-corrected chi connectivity index (χ3v) is 3.71. The monoisotopic (exact) mass is 305 g/mol. The zero-order chi connectivity index (χ0) is 15.7. The van der Waals surface area contributed by atoms with Crippen LogP contribution in [0.3, 0.4) is 0 Å². The molecule has 2 saturated heterocycles. The molecule has 2 heterocycles. The highest BCUT2D eigenvalue weighted by atomic mass is 16.7. The number of amides is 3. The number of imide groups is 1. The number of carboxylic acid groups (broad SMARTS) is 1. The number of rotatable bonds is 4. The van der Waals surface area contributed by atoms with Crippen molar-refractivity contribution in [2.75, 3.05) is 13.1 Å². The highest BCUT2D eigenvalue weighted by Gasteiger charge is 2.52. The first-order valence-electron chi connectivity index (χ1n) is 6.86. The molecule has 8 heteroatoms. The number of carboxylic acids is 1. The van der Waals surface area contributed by atoms with Crippen molar-refractivity contribution in [2.45, 2.75) is 18.7 Å². The third kappa shape index (κ3) is 2.42. The van der Waals surface area contributed by atoms with Crippen LogP contribution in [0.25, 0.3) is 0 Å². The van der Waals surface area contributed by atoms with Crippen molar-refractivity contribution < 1.29 is 24.3 Å². The Morgan fingerprint density at radius 1 is 1.27 bits per heavy atom. The summed E-state index contributed by atoms with van der Waals surface area (Å²) in [6.45, 7) is 0.390. The van der Waals surface area contributed by atoms with Gasteiger partial charge in [-0.25, -0.2) is 9.59 Å². The van der Waals surface area contributed by atoms with Crippen LogP contribution in [0.2, 0.25) is 0 Å². The molecular formula is C14H15N3O5. The fraction of sp³-hybridized carbons (Fsp3) is 0.357. The van der Waals surface area contributed by atoms with Crippen LogP contribution in [0, 0.1) is 0 Å². The van der Waals surface area contributed by atoms with E-state index in [1.807, 2.05) is 18.2 Å². The van der Waals surface area contributed by atoms with E-state index in [0.29, 0.717) is 5.06 Å². The number of hydroxylamine groups is 2. The Balaban J connectivity index is 1.75. The van der Waals surface area contributed by atoms with Crippen molar-refractivity contribution in [3.8, 4) is 0 Å². The Labute approximate surface area is 126 Å². The van der Waals surface area contributed by atoms with Crippen molar-refractivity contribution in [2.24, 2.45) is 0 Å². The lowest BCUT2D eigenvalue weighted by Crippen LogP contribution is -2.60. The molecule has 2 atom stereocenters. The zero-order valence-corrected chi connectivity index (χ0v) is 11.6. The van der Waals surface area contributed by atoms with Crippen LogP contribution >= 0.6 is 0 Å². The number of piperazine rings is 1. The van der Waals surface area contributed by atoms with E-state index in [1.165, 1.54) is 0 Å². The summed E-state index contributed by atoms with van der Waals surface area (Å²) < 4.78 is 0. The van der Waals surface area contributed by atoms with Crippen molar-refractivity contribution in [1.82, 2.24) is 15.3 Å². The van der Waals surface area contributed by atoms with E-state index < -0.39 is 30.0 Å². The second-order valence-corrected chi connectivity index (χ2v) is 5.11. The van der Waals surface area contributed by atoms with Gasteiger partial charge in [0.15, 0.2) is 0 Å². The lowest BCUT2D eigenvalue weighted by atomic mass is 10.1. The normalized spacial score (nSPS) is 24.5. The molecule has 3 amide bonds. The number of nitrogens with zero attached hydrogens (tertiary/aromatic N) is 2. The molecule has 2 aliphatic rings. The molecule has 0 aliphatic carbocycles. The van der Waals surface area contributed by atoms with E-state index in [0.717, 1.165) is 10.5 Å². The van der Waals surface area contributed by atoms with Gasteiger partial charge in [-0.1, -0.05) is 30.3 Å². The molecule has 2 N–H and O–H groups in total. The molecule has 3 rings (SSSR count). The van der Waals surface area contributed by atoms with Gasteiger partial charge in [0.05, 0.1) is 0 Å². The molecule has 0 aromatic heterocycles. The lowest BCUT2D eigenvalue weighted by molar-refractivity contribution is -0.167. The van der Waals surface area contributed by atoms with Gasteiger partial charge < -0.3 is 10.4 Å².